The van der Waals surface area contributed by atoms with Crippen LogP contribution in [0.25, 0.3) is 87.1 Å². The molecule has 2 heteroatoms. The first-order valence-electron chi connectivity index (χ1n) is 13.9. The molecule has 3 aromatic heterocycles. The van der Waals surface area contributed by atoms with Crippen molar-refractivity contribution in [2.24, 2.45) is 0 Å². The van der Waals surface area contributed by atoms with Crippen LogP contribution in [0.2, 0.25) is 0 Å². The Morgan fingerprint density at radius 3 is 1.95 bits per heavy atom. The molecule has 2 nitrogen and oxygen atoms in total. The Labute approximate surface area is 229 Å². The second-order valence-corrected chi connectivity index (χ2v) is 11.0. The van der Waals surface area contributed by atoms with Crippen molar-refractivity contribution in [1.82, 2.24) is 8.97 Å². The van der Waals surface area contributed by atoms with Crippen LogP contribution in [0.1, 0.15) is 0 Å². The van der Waals surface area contributed by atoms with E-state index in [0.717, 1.165) is 0 Å². The van der Waals surface area contributed by atoms with Crippen LogP contribution in [0.15, 0.2) is 133 Å². The Hall–Kier alpha value is -5.34. The standard InChI is InChI=1S/C38H22N2/c1-2-9-24-20-26(18-16-23(24)8-1)39-34-15-6-4-11-30(34)37-31-22-36-32(21-25(31)17-19-35(37)39)29-13-7-12-28-27-10-3-5-14-33(27)40(36)38(28)29/h1-22H. The summed E-state index contributed by atoms with van der Waals surface area (Å²) >= 11 is 0. The molecule has 0 spiro atoms. The van der Waals surface area contributed by atoms with Crippen molar-refractivity contribution < 1.29 is 0 Å². The summed E-state index contributed by atoms with van der Waals surface area (Å²) in [6, 6.07) is 49.2. The molecule has 0 N–H and O–H groups in total. The van der Waals surface area contributed by atoms with E-state index in [0.29, 0.717) is 0 Å². The van der Waals surface area contributed by atoms with Crippen LogP contribution in [-0.4, -0.2) is 8.97 Å². The van der Waals surface area contributed by atoms with Gasteiger partial charge < -0.3 is 8.97 Å². The molecule has 184 valence electrons. The molecular weight excluding hydrogens is 484 g/mol. The van der Waals surface area contributed by atoms with E-state index in [1.165, 1.54) is 87.1 Å². The molecule has 0 aliphatic heterocycles. The highest BCUT2D eigenvalue weighted by molar-refractivity contribution is 6.28. The first-order valence-corrected chi connectivity index (χ1v) is 13.9. The van der Waals surface area contributed by atoms with Gasteiger partial charge >= 0.3 is 0 Å². The first kappa shape index (κ1) is 20.6. The Balaban J connectivity index is 1.39. The molecule has 0 saturated carbocycles. The van der Waals surface area contributed by atoms with Crippen molar-refractivity contribution in [3.8, 4) is 5.69 Å². The van der Waals surface area contributed by atoms with E-state index in [1.807, 2.05) is 0 Å². The lowest BCUT2D eigenvalue weighted by atomic mass is 10.0. The topological polar surface area (TPSA) is 9.34 Å². The number of rotatable bonds is 1. The maximum Gasteiger partial charge on any atom is 0.0620 e. The van der Waals surface area contributed by atoms with E-state index in [4.69, 9.17) is 0 Å². The molecule has 40 heavy (non-hydrogen) atoms. The maximum absolute atomic E-state index is 2.48. The molecule has 0 saturated heterocycles. The van der Waals surface area contributed by atoms with Gasteiger partial charge in [0.1, 0.15) is 0 Å². The van der Waals surface area contributed by atoms with E-state index >= 15 is 0 Å². The molecule has 7 aromatic carbocycles. The van der Waals surface area contributed by atoms with Crippen molar-refractivity contribution in [3.63, 3.8) is 0 Å². The molecule has 10 rings (SSSR count). The normalized spacial score (nSPS) is 12.5. The van der Waals surface area contributed by atoms with Gasteiger partial charge in [0.2, 0.25) is 0 Å². The summed E-state index contributed by atoms with van der Waals surface area (Å²) in [5.74, 6) is 0. The van der Waals surface area contributed by atoms with E-state index in [9.17, 15) is 0 Å². The second kappa shape index (κ2) is 7.19. The van der Waals surface area contributed by atoms with Crippen molar-refractivity contribution in [2.45, 2.75) is 0 Å². The number of nitrogens with zero attached hydrogens (tertiary/aromatic N) is 2. The minimum atomic E-state index is 1.19. The quantitative estimate of drug-likeness (QED) is 0.209. The zero-order valence-corrected chi connectivity index (χ0v) is 21.6. The molecular formula is C38H22N2. The van der Waals surface area contributed by atoms with Crippen LogP contribution in [0.4, 0.5) is 0 Å². The van der Waals surface area contributed by atoms with Crippen molar-refractivity contribution in [1.29, 1.82) is 0 Å². The van der Waals surface area contributed by atoms with Crippen molar-refractivity contribution >= 4 is 81.4 Å². The lowest BCUT2D eigenvalue weighted by Gasteiger charge is -2.10. The van der Waals surface area contributed by atoms with E-state index in [1.54, 1.807) is 0 Å². The maximum atomic E-state index is 2.48. The third-order valence-electron chi connectivity index (χ3n) is 8.99. The highest BCUT2D eigenvalue weighted by Crippen LogP contribution is 2.43. The lowest BCUT2D eigenvalue weighted by molar-refractivity contribution is 1.19. The predicted molar refractivity (Wildman–Crippen MR) is 170 cm³/mol. The highest BCUT2D eigenvalue weighted by Gasteiger charge is 2.20. The Morgan fingerprint density at radius 1 is 0.350 bits per heavy atom. The molecule has 0 atom stereocenters. The Kier molecular flexibility index (Phi) is 3.70. The average Bonchev–Trinajstić information content (AvgIpc) is 3.65. The number of fused-ring (bicyclic) bond motifs is 12. The van der Waals surface area contributed by atoms with Crippen LogP contribution in [-0.2, 0) is 0 Å². The summed E-state index contributed by atoms with van der Waals surface area (Å²) in [4.78, 5) is 0. The van der Waals surface area contributed by atoms with Crippen LogP contribution >= 0.6 is 0 Å². The third kappa shape index (κ3) is 2.45. The summed E-state index contributed by atoms with van der Waals surface area (Å²) in [6.07, 6.45) is 0. The molecule has 0 amide bonds. The number of hydrogen-bond donors (Lipinski definition) is 0. The largest absolute Gasteiger partial charge is 0.309 e. The van der Waals surface area contributed by atoms with E-state index < -0.39 is 0 Å². The summed E-state index contributed by atoms with van der Waals surface area (Å²) < 4.78 is 4.91. The monoisotopic (exact) mass is 506 g/mol. The lowest BCUT2D eigenvalue weighted by Crippen LogP contribution is -1.93. The van der Waals surface area contributed by atoms with Crippen LogP contribution < -0.4 is 0 Å². The Bertz CT molecular complexity index is 2650. The number of hydrogen-bond acceptors (Lipinski definition) is 0. The van der Waals surface area contributed by atoms with Crippen LogP contribution in [0.5, 0.6) is 0 Å². The molecule has 0 aliphatic rings. The van der Waals surface area contributed by atoms with E-state index in [2.05, 4.69) is 142 Å². The molecule has 10 aromatic rings. The zero-order chi connectivity index (χ0) is 25.9. The average molecular weight is 507 g/mol. The van der Waals surface area contributed by atoms with E-state index in [-0.39, 0.29) is 0 Å². The Morgan fingerprint density at radius 2 is 1.05 bits per heavy atom. The van der Waals surface area contributed by atoms with Gasteiger partial charge in [-0.2, -0.15) is 0 Å². The van der Waals surface area contributed by atoms with Gasteiger partial charge in [0, 0.05) is 38.0 Å². The third-order valence-corrected chi connectivity index (χ3v) is 8.99. The van der Waals surface area contributed by atoms with Gasteiger partial charge in [-0.05, 0) is 64.0 Å². The van der Waals surface area contributed by atoms with Gasteiger partial charge in [0.25, 0.3) is 0 Å². The van der Waals surface area contributed by atoms with Gasteiger partial charge in [-0.1, -0.05) is 91.0 Å². The van der Waals surface area contributed by atoms with Crippen molar-refractivity contribution in [2.75, 3.05) is 0 Å². The fourth-order valence-electron chi connectivity index (χ4n) is 7.31. The number of para-hydroxylation sites is 3. The van der Waals surface area contributed by atoms with Crippen molar-refractivity contribution in [3.05, 3.63) is 133 Å². The minimum absolute atomic E-state index is 1.19. The number of aromatic nitrogens is 2. The smallest absolute Gasteiger partial charge is 0.0620 e. The predicted octanol–water partition coefficient (Wildman–Crippen LogP) is 10.2. The second-order valence-electron chi connectivity index (χ2n) is 11.0. The molecule has 0 radical (unpaired) electrons. The van der Waals surface area contributed by atoms with Gasteiger partial charge in [-0.25, -0.2) is 0 Å². The number of benzene rings is 7. The highest BCUT2D eigenvalue weighted by atomic mass is 15.0. The van der Waals surface area contributed by atoms with Gasteiger partial charge in [0.05, 0.1) is 27.6 Å². The van der Waals surface area contributed by atoms with Crippen LogP contribution in [0.3, 0.4) is 0 Å². The van der Waals surface area contributed by atoms with Gasteiger partial charge in [-0.3, -0.25) is 0 Å². The van der Waals surface area contributed by atoms with Gasteiger partial charge in [-0.15, -0.1) is 0 Å². The molecule has 0 fully saturated rings. The fourth-order valence-corrected chi connectivity index (χ4v) is 7.31. The van der Waals surface area contributed by atoms with Gasteiger partial charge in [0.15, 0.2) is 0 Å². The van der Waals surface area contributed by atoms with Crippen LogP contribution in [0, 0.1) is 0 Å². The summed E-state index contributed by atoms with van der Waals surface area (Å²) in [7, 11) is 0. The summed E-state index contributed by atoms with van der Waals surface area (Å²) in [5.41, 5.74) is 7.53. The summed E-state index contributed by atoms with van der Waals surface area (Å²) in [5, 5.41) is 13.0. The minimum Gasteiger partial charge on any atom is -0.309 e. The molecule has 3 heterocycles. The molecule has 0 bridgehead atoms. The summed E-state index contributed by atoms with van der Waals surface area (Å²) in [6.45, 7) is 0. The molecule has 0 unspecified atom stereocenters. The zero-order valence-electron chi connectivity index (χ0n) is 21.6. The SMILES string of the molecule is c1ccc2cc(-n3c4ccccc4c4c5cc6c(cc5ccc43)c3cccc4c5ccccc5n6c43)ccc2c1. The molecule has 0 aliphatic carbocycles. The fraction of sp³-hybridized carbons (Fsp3) is 0. The first-order chi connectivity index (χ1) is 19.8.